The zero-order valence-corrected chi connectivity index (χ0v) is 32.2. The maximum atomic E-state index is 12.9. The van der Waals surface area contributed by atoms with Crippen molar-refractivity contribution in [2.24, 2.45) is 10.7 Å². The van der Waals surface area contributed by atoms with Gasteiger partial charge in [-0.2, -0.15) is 0 Å². The van der Waals surface area contributed by atoms with Gasteiger partial charge in [0.25, 0.3) is 12.4 Å². The van der Waals surface area contributed by atoms with Gasteiger partial charge >= 0.3 is 86.9 Å². The Morgan fingerprint density at radius 1 is 1.18 bits per heavy atom. The number of aryl methyl sites for hydroxylation is 1. The summed E-state index contributed by atoms with van der Waals surface area (Å²) in [5.74, 6) is -0.0386. The van der Waals surface area contributed by atoms with Crippen LogP contribution in [0.15, 0.2) is 53.7 Å². The number of esters is 1. The first-order valence-corrected chi connectivity index (χ1v) is 13.8. The van der Waals surface area contributed by atoms with Gasteiger partial charge in [0, 0.05) is 19.3 Å². The summed E-state index contributed by atoms with van der Waals surface area (Å²) < 4.78 is 10.4. The molecule has 1 aromatic heterocycles. The maximum Gasteiger partial charge on any atom is 1.00 e. The van der Waals surface area contributed by atoms with E-state index in [2.05, 4.69) is 25.2 Å². The molecule has 0 bridgehead atoms. The number of aromatic nitrogens is 1. The summed E-state index contributed by atoms with van der Waals surface area (Å²) in [5, 5.41) is 13.4. The second kappa shape index (κ2) is 20.0. The van der Waals surface area contributed by atoms with E-state index in [-0.39, 0.29) is 112 Å². The van der Waals surface area contributed by atoms with Crippen molar-refractivity contribution in [2.45, 2.75) is 46.1 Å². The van der Waals surface area contributed by atoms with Crippen molar-refractivity contribution in [2.75, 3.05) is 27.4 Å². The third kappa shape index (κ3) is 12.1. The van der Waals surface area contributed by atoms with Gasteiger partial charge in [-0.25, -0.2) is 4.99 Å². The fraction of sp³-hybridized carbons (Fsp3) is 0.355. The number of nitrogens with zero attached hydrogens (tertiary/aromatic N) is 5. The SMILES string of the molecule is CC[N-]c1ccc(C)c(N=C(N)c2c(C)c(C(=O)N(C)C3CC3)cn2[N-]C)c1.O=COCOC(=O)Cc1ccc(O)cc1.[K+].[Na+]. The first-order chi connectivity index (χ1) is 20.6. The quantitative estimate of drug-likeness (QED) is 0.0471. The number of aliphatic imine (C=N–C) groups is 1. The molecule has 1 aliphatic carbocycles. The molecule has 1 amide bonds. The first kappa shape index (κ1) is 40.7. The molecule has 1 heterocycles. The number of phenolic OH excluding ortho intramolecular Hbond substituents is 1. The van der Waals surface area contributed by atoms with E-state index in [0.717, 1.165) is 35.3 Å². The molecule has 2 aromatic carbocycles. The maximum absolute atomic E-state index is 12.9. The molecular formula is C31H38KN6NaO6. The van der Waals surface area contributed by atoms with Crippen LogP contribution >= 0.6 is 0 Å². The second-order valence-corrected chi connectivity index (χ2v) is 9.89. The number of benzene rings is 2. The molecular weight excluding hydrogens is 614 g/mol. The van der Waals surface area contributed by atoms with Crippen LogP contribution in [-0.4, -0.2) is 72.3 Å². The number of aromatic hydroxyl groups is 1. The molecule has 1 fully saturated rings. The van der Waals surface area contributed by atoms with Crippen LogP contribution in [0.5, 0.6) is 5.75 Å². The molecule has 45 heavy (non-hydrogen) atoms. The van der Waals surface area contributed by atoms with E-state index in [1.165, 1.54) is 12.1 Å². The summed E-state index contributed by atoms with van der Waals surface area (Å²) >= 11 is 0. The van der Waals surface area contributed by atoms with Crippen LogP contribution in [0.25, 0.3) is 10.7 Å². The molecule has 3 N–H and O–H groups in total. The standard InChI is InChI=1S/C21H28N6O.C10H10O5.K.Na/c1-6-24-15-8-7-13(2)18(11-15)25-20(22)19-14(3)17(12-27(19)23-4)21(28)26(5)16-9-10-16;11-6-14-7-15-10(13)5-8-1-3-9(12)4-2-8;;/h7-8,11-12,16H,6,9-10H2,1-5H3,(H2,22,25);1-4,6,12H,5,7H2;;/q-2;;2*+1. The third-order valence-electron chi connectivity index (χ3n) is 6.76. The van der Waals surface area contributed by atoms with Crippen molar-refractivity contribution in [3.63, 3.8) is 0 Å². The molecule has 0 unspecified atom stereocenters. The van der Waals surface area contributed by atoms with E-state index >= 15 is 0 Å². The Labute approximate surface area is 328 Å². The van der Waals surface area contributed by atoms with Gasteiger partial charge in [-0.3, -0.25) is 14.4 Å². The van der Waals surface area contributed by atoms with Crippen molar-refractivity contribution in [3.05, 3.63) is 87.4 Å². The van der Waals surface area contributed by atoms with Crippen LogP contribution in [0.3, 0.4) is 0 Å². The largest absolute Gasteiger partial charge is 1.00 e. The molecule has 0 spiro atoms. The van der Waals surface area contributed by atoms with Crippen LogP contribution in [-0.2, 0) is 25.5 Å². The molecule has 3 aromatic rings. The van der Waals surface area contributed by atoms with Crippen molar-refractivity contribution >= 4 is 35.6 Å². The fourth-order valence-corrected chi connectivity index (χ4v) is 4.22. The summed E-state index contributed by atoms with van der Waals surface area (Å²) in [4.78, 5) is 40.1. The first-order valence-electron chi connectivity index (χ1n) is 13.8. The molecule has 1 aliphatic rings. The summed E-state index contributed by atoms with van der Waals surface area (Å²) in [6.07, 6.45) is 3.94. The fourth-order valence-electron chi connectivity index (χ4n) is 4.22. The number of hydrogen-bond acceptors (Lipinski definition) is 7. The van der Waals surface area contributed by atoms with Crippen LogP contribution in [0.4, 0.5) is 11.4 Å². The summed E-state index contributed by atoms with van der Waals surface area (Å²) in [5.41, 5.74) is 16.0. The molecule has 0 radical (unpaired) electrons. The normalized spacial score (nSPS) is 11.9. The number of hydrogen-bond donors (Lipinski definition) is 2. The van der Waals surface area contributed by atoms with E-state index in [4.69, 9.17) is 10.8 Å². The number of ether oxygens (including phenoxy) is 2. The van der Waals surface area contributed by atoms with Gasteiger partial charge < -0.3 is 40.6 Å². The Hall–Kier alpha value is -2.36. The number of amidine groups is 1. The third-order valence-corrected chi connectivity index (χ3v) is 6.76. The molecule has 230 valence electrons. The Bertz CT molecular complexity index is 1460. The van der Waals surface area contributed by atoms with Gasteiger partial charge in [-0.05, 0) is 55.5 Å². The van der Waals surface area contributed by atoms with Gasteiger partial charge in [0.15, 0.2) is 0 Å². The van der Waals surface area contributed by atoms with Gasteiger partial charge in [0.2, 0.25) is 6.79 Å². The van der Waals surface area contributed by atoms with E-state index < -0.39 is 5.97 Å². The van der Waals surface area contributed by atoms with E-state index in [0.29, 0.717) is 35.2 Å². The van der Waals surface area contributed by atoms with E-state index in [1.807, 2.05) is 46.0 Å². The molecule has 0 saturated heterocycles. The Kier molecular flexibility index (Phi) is 18.1. The Balaban J connectivity index is 0.000000510. The van der Waals surface area contributed by atoms with Gasteiger partial charge in [-0.1, -0.05) is 37.3 Å². The predicted octanol–water partition coefficient (Wildman–Crippen LogP) is -1.22. The summed E-state index contributed by atoms with van der Waals surface area (Å²) in [6, 6.07) is 12.4. The van der Waals surface area contributed by atoms with Gasteiger partial charge in [0.1, 0.15) is 11.6 Å². The molecule has 0 atom stereocenters. The van der Waals surface area contributed by atoms with Crippen LogP contribution in [0.2, 0.25) is 0 Å². The number of carbonyl (C=O) groups is 3. The van der Waals surface area contributed by atoms with E-state index in [9.17, 15) is 14.4 Å². The minimum absolute atomic E-state index is 0. The van der Waals surface area contributed by atoms with Crippen LogP contribution in [0.1, 0.15) is 52.5 Å². The number of phenols is 1. The second-order valence-electron chi connectivity index (χ2n) is 9.89. The van der Waals surface area contributed by atoms with Crippen LogP contribution in [0, 0.1) is 13.8 Å². The number of rotatable bonds is 12. The molecule has 14 heteroatoms. The van der Waals surface area contributed by atoms with Crippen molar-refractivity contribution in [3.8, 4) is 5.75 Å². The molecule has 0 aliphatic heterocycles. The number of carbonyl (C=O) groups excluding carboxylic acids is 3. The summed E-state index contributed by atoms with van der Waals surface area (Å²) in [7, 11) is 3.52. The minimum Gasteiger partial charge on any atom is -0.684 e. The van der Waals surface area contributed by atoms with Crippen molar-refractivity contribution in [1.29, 1.82) is 0 Å². The van der Waals surface area contributed by atoms with Crippen LogP contribution < -0.4 is 86.7 Å². The Morgan fingerprint density at radius 2 is 1.84 bits per heavy atom. The minimum atomic E-state index is -0.498. The monoisotopic (exact) mass is 652 g/mol. The Morgan fingerprint density at radius 3 is 2.42 bits per heavy atom. The number of amides is 1. The van der Waals surface area contributed by atoms with E-state index in [1.54, 1.807) is 35.0 Å². The average molecular weight is 653 g/mol. The zero-order chi connectivity index (χ0) is 31.5. The zero-order valence-electron chi connectivity index (χ0n) is 27.1. The smallest absolute Gasteiger partial charge is 0.684 e. The number of nitrogens with two attached hydrogens (primary N) is 1. The topological polar surface area (TPSA) is 165 Å². The molecule has 1 saturated carbocycles. The molecule has 12 nitrogen and oxygen atoms in total. The van der Waals surface area contributed by atoms with Gasteiger partial charge in [0.05, 0.1) is 23.4 Å². The predicted molar refractivity (Wildman–Crippen MR) is 164 cm³/mol. The van der Waals surface area contributed by atoms with Crippen molar-refractivity contribution < 1.29 is 110 Å². The van der Waals surface area contributed by atoms with Gasteiger partial charge in [-0.15, -0.1) is 19.3 Å². The van der Waals surface area contributed by atoms with Crippen molar-refractivity contribution in [1.82, 2.24) is 9.58 Å². The summed E-state index contributed by atoms with van der Waals surface area (Å²) in [6.45, 7) is 6.40. The molecule has 4 rings (SSSR count). The average Bonchev–Trinajstić information content (AvgIpc) is 3.78.